The number of rotatable bonds is 2. The Labute approximate surface area is 297 Å². The number of nitrogens with two attached hydrogens (primary N) is 1. The predicted molar refractivity (Wildman–Crippen MR) is 203 cm³/mol. The van der Waals surface area contributed by atoms with Gasteiger partial charge in [-0.25, -0.2) is 4.79 Å². The van der Waals surface area contributed by atoms with Crippen LogP contribution in [-0.2, 0) is 9.47 Å². The number of morpholine rings is 1. The maximum Gasteiger partial charge on any atom is 0.410 e. The molecule has 12 heteroatoms. The summed E-state index contributed by atoms with van der Waals surface area (Å²) in [5, 5.41) is 5.63. The minimum absolute atomic E-state index is 0.189. The zero-order valence-corrected chi connectivity index (χ0v) is 33.3. The molecule has 48 heavy (non-hydrogen) atoms. The molecule has 0 aliphatic carbocycles. The highest BCUT2D eigenvalue weighted by atomic mass is 16.6. The molecule has 5 aliphatic heterocycles. The van der Waals surface area contributed by atoms with Crippen molar-refractivity contribution in [3.63, 3.8) is 0 Å². The van der Waals surface area contributed by atoms with Crippen LogP contribution in [0.25, 0.3) is 0 Å². The molecule has 0 unspecified atom stereocenters. The number of hydrogen-bond acceptors (Lipinski definition) is 10. The summed E-state index contributed by atoms with van der Waals surface area (Å²) in [7, 11) is 12.8. The smallest absolute Gasteiger partial charge is 0.410 e. The quantitative estimate of drug-likeness (QED) is 0.410. The van der Waals surface area contributed by atoms with Gasteiger partial charge in [0.15, 0.2) is 0 Å². The number of allylic oxidation sites excluding steroid dienone is 1. The van der Waals surface area contributed by atoms with Crippen molar-refractivity contribution < 1.29 is 19.6 Å². The van der Waals surface area contributed by atoms with Crippen LogP contribution >= 0.6 is 0 Å². The lowest BCUT2D eigenvalue weighted by molar-refractivity contribution is -0.662. The Balaban J connectivity index is 0.000000572. The molecule has 3 N–H and O–H groups in total. The van der Waals surface area contributed by atoms with E-state index in [1.165, 1.54) is 71.9 Å². The van der Waals surface area contributed by atoms with E-state index in [2.05, 4.69) is 95.8 Å². The molecule has 1 amide bonds. The first-order valence-electron chi connectivity index (χ1n) is 18.6. The van der Waals surface area contributed by atoms with Crippen molar-refractivity contribution in [3.8, 4) is 0 Å². The molecule has 0 aromatic heterocycles. The van der Waals surface area contributed by atoms with Crippen molar-refractivity contribution in [1.29, 1.82) is 0 Å². The normalized spacial score (nSPS) is 21.9. The number of carbonyl (C=O) groups excluding carboxylic acids is 1. The minimum atomic E-state index is -0.388. The molecular weight excluding hydrogens is 606 g/mol. The van der Waals surface area contributed by atoms with Gasteiger partial charge in [-0.2, -0.15) is 0 Å². The Morgan fingerprint density at radius 1 is 0.688 bits per heavy atom. The van der Waals surface area contributed by atoms with Crippen LogP contribution in [0, 0.1) is 0 Å². The number of quaternary nitrogens is 1. The molecule has 286 valence electrons. The van der Waals surface area contributed by atoms with Crippen LogP contribution in [0.2, 0.25) is 0 Å². The van der Waals surface area contributed by atoms with E-state index in [0.717, 1.165) is 72.0 Å². The Hall–Kier alpha value is -1.35. The highest BCUT2D eigenvalue weighted by Gasteiger charge is 2.24. The van der Waals surface area contributed by atoms with E-state index in [9.17, 15) is 4.79 Å². The van der Waals surface area contributed by atoms with Crippen LogP contribution in [0.5, 0.6) is 0 Å². The molecule has 5 heterocycles. The summed E-state index contributed by atoms with van der Waals surface area (Å²) >= 11 is 0. The first kappa shape index (κ1) is 46.6. The maximum absolute atomic E-state index is 11.6. The van der Waals surface area contributed by atoms with Gasteiger partial charge in [-0.05, 0) is 69.5 Å². The van der Waals surface area contributed by atoms with Crippen LogP contribution in [0.15, 0.2) is 12.7 Å². The molecule has 0 radical (unpaired) electrons. The fourth-order valence-corrected chi connectivity index (χ4v) is 4.74. The molecular formula is C36H80N9O3+. The van der Waals surface area contributed by atoms with Crippen molar-refractivity contribution >= 4 is 6.09 Å². The van der Waals surface area contributed by atoms with Crippen LogP contribution < -0.4 is 10.6 Å². The van der Waals surface area contributed by atoms with E-state index < -0.39 is 0 Å². The molecule has 0 aromatic carbocycles. The molecule has 5 fully saturated rings. The van der Waals surface area contributed by atoms with Gasteiger partial charge in [0.1, 0.15) is 5.60 Å². The van der Waals surface area contributed by atoms with Gasteiger partial charge in [0.2, 0.25) is 0 Å². The van der Waals surface area contributed by atoms with Gasteiger partial charge in [-0.1, -0.05) is 19.4 Å². The fraction of sp³-hybridized carbons (Fsp3) is 0.917. The summed E-state index contributed by atoms with van der Waals surface area (Å²) in [4.78, 5) is 27.3. The number of nitrogens with zero attached hydrogens (tertiary/aromatic N) is 7. The van der Waals surface area contributed by atoms with Gasteiger partial charge in [0.05, 0.1) is 26.3 Å². The Morgan fingerprint density at radius 2 is 1.08 bits per heavy atom. The topological polar surface area (TPSA) is 86.9 Å². The standard InChI is InChI=1S/C10H20N2O2.C6H14N2.2C5H12N2.C5H11NO.C5H10/c1-10(2,3)14-9(13)12-7-5-11(4)6-8-12;1-7-3-5-8(2)6-4-7;2*1-7-4-2-6-3-5-7;1-6-2-4-7-5-3-6;1-3-5-4-2/h5-8H2,1-4H3;3-6H2,1-2H3;2*6H,2-5H2,1H3;2-5H2,1H3;3H,1,4-5H2,2H3/p+1. The van der Waals surface area contributed by atoms with Gasteiger partial charge < -0.3 is 49.5 Å². The van der Waals surface area contributed by atoms with Crippen molar-refractivity contribution in [2.24, 2.45) is 0 Å². The fourth-order valence-electron chi connectivity index (χ4n) is 4.74. The summed E-state index contributed by atoms with van der Waals surface area (Å²) in [6.07, 6.45) is 4.12. The summed E-state index contributed by atoms with van der Waals surface area (Å²) < 4.78 is 10.4. The number of carbonyl (C=O) groups is 1. The lowest BCUT2D eigenvalue weighted by Gasteiger charge is -2.33. The van der Waals surface area contributed by atoms with E-state index in [1.807, 2.05) is 26.8 Å². The molecule has 12 nitrogen and oxygen atoms in total. The summed E-state index contributed by atoms with van der Waals surface area (Å²) in [6, 6.07) is 0. The zero-order chi connectivity index (χ0) is 36.2. The van der Waals surface area contributed by atoms with Gasteiger partial charge in [-0.15, -0.1) is 6.58 Å². The molecule has 0 spiro atoms. The van der Waals surface area contributed by atoms with Gasteiger partial charge in [-0.3, -0.25) is 4.90 Å². The van der Waals surface area contributed by atoms with Crippen molar-refractivity contribution in [1.82, 2.24) is 39.6 Å². The second kappa shape index (κ2) is 29.4. The Morgan fingerprint density at radius 3 is 1.35 bits per heavy atom. The Bertz CT molecular complexity index is 689. The van der Waals surface area contributed by atoms with E-state index in [1.54, 1.807) is 4.90 Å². The second-order valence-corrected chi connectivity index (χ2v) is 14.6. The number of ether oxygens (including phenoxy) is 2. The van der Waals surface area contributed by atoms with Crippen molar-refractivity contribution in [2.75, 3.05) is 173 Å². The lowest BCUT2D eigenvalue weighted by Crippen LogP contribution is -2.89. The summed E-state index contributed by atoms with van der Waals surface area (Å²) in [6.45, 7) is 33.6. The summed E-state index contributed by atoms with van der Waals surface area (Å²) in [5.74, 6) is 0. The number of nitrogens with one attached hydrogen (secondary N) is 1. The van der Waals surface area contributed by atoms with E-state index >= 15 is 0 Å². The minimum Gasteiger partial charge on any atom is -0.444 e. The van der Waals surface area contributed by atoms with Gasteiger partial charge in [0.25, 0.3) is 0 Å². The highest BCUT2D eigenvalue weighted by molar-refractivity contribution is 5.68. The molecule has 0 saturated carbocycles. The number of likely N-dealkylation sites (N-methyl/N-ethyl adjacent to an activating group) is 6. The molecule has 0 atom stereocenters. The average Bonchev–Trinajstić information content (AvgIpc) is 3.05. The molecule has 5 rings (SSSR count). The summed E-state index contributed by atoms with van der Waals surface area (Å²) in [5.41, 5.74) is -0.388. The number of unbranched alkanes of at least 4 members (excludes halogenated alkanes) is 1. The monoisotopic (exact) mass is 687 g/mol. The first-order valence-corrected chi connectivity index (χ1v) is 18.6. The molecule has 5 aliphatic rings. The van der Waals surface area contributed by atoms with Crippen LogP contribution in [0.1, 0.15) is 40.5 Å². The zero-order valence-electron chi connectivity index (χ0n) is 33.3. The largest absolute Gasteiger partial charge is 0.444 e. The Kier molecular flexibility index (Phi) is 28.6. The number of hydrogen-bond donors (Lipinski definition) is 2. The second-order valence-electron chi connectivity index (χ2n) is 14.6. The van der Waals surface area contributed by atoms with Crippen molar-refractivity contribution in [2.45, 2.75) is 46.1 Å². The third kappa shape index (κ3) is 29.6. The third-order valence-electron chi connectivity index (χ3n) is 8.38. The SMILES string of the molecule is C=CCCC.CN1CCN(C(=O)OC(C)(C)C)CC1.CN1CCN(C)CC1.CN1CCNCC1.CN1CCOCC1.CN1CC[NH2+]CC1. The first-order chi connectivity index (χ1) is 22.8. The van der Waals surface area contributed by atoms with Crippen LogP contribution in [0.3, 0.4) is 0 Å². The van der Waals surface area contributed by atoms with Gasteiger partial charge >= 0.3 is 6.09 Å². The highest BCUT2D eigenvalue weighted by Crippen LogP contribution is 2.11. The molecule has 0 bridgehead atoms. The third-order valence-corrected chi connectivity index (χ3v) is 8.38. The lowest BCUT2D eigenvalue weighted by atomic mass is 10.2. The van der Waals surface area contributed by atoms with Crippen LogP contribution in [0.4, 0.5) is 4.79 Å². The number of piperazine rings is 4. The van der Waals surface area contributed by atoms with Gasteiger partial charge in [0, 0.05) is 105 Å². The average molecular weight is 687 g/mol. The molecule has 5 saturated heterocycles. The van der Waals surface area contributed by atoms with E-state index in [-0.39, 0.29) is 11.7 Å². The van der Waals surface area contributed by atoms with E-state index in [0.29, 0.717) is 0 Å². The predicted octanol–water partition coefficient (Wildman–Crippen LogP) is 0.970. The molecule has 0 aromatic rings. The van der Waals surface area contributed by atoms with Crippen molar-refractivity contribution in [3.05, 3.63) is 12.7 Å². The van der Waals surface area contributed by atoms with Crippen LogP contribution in [-0.4, -0.2) is 219 Å². The number of amides is 1. The van der Waals surface area contributed by atoms with E-state index in [4.69, 9.17) is 9.47 Å². The maximum atomic E-state index is 11.6.